The summed E-state index contributed by atoms with van der Waals surface area (Å²) in [5.74, 6) is -0.834. The summed E-state index contributed by atoms with van der Waals surface area (Å²) >= 11 is 0. The van der Waals surface area contributed by atoms with Crippen LogP contribution >= 0.6 is 0 Å². The van der Waals surface area contributed by atoms with E-state index in [1.807, 2.05) is 0 Å². The highest BCUT2D eigenvalue weighted by Gasteiger charge is 2.39. The molecule has 5 heteroatoms. The van der Waals surface area contributed by atoms with Crippen LogP contribution in [0.5, 0.6) is 0 Å². The molecule has 0 aromatic rings. The van der Waals surface area contributed by atoms with E-state index < -0.39 is 5.97 Å². The molecule has 0 bridgehead atoms. The number of hydrogen-bond donors (Lipinski definition) is 2. The van der Waals surface area contributed by atoms with Gasteiger partial charge in [-0.15, -0.1) is 0 Å². The van der Waals surface area contributed by atoms with Crippen LogP contribution in [0.3, 0.4) is 0 Å². The van der Waals surface area contributed by atoms with Crippen LogP contribution < -0.4 is 5.32 Å². The summed E-state index contributed by atoms with van der Waals surface area (Å²) in [7, 11) is 0. The minimum atomic E-state index is -0.764. The highest BCUT2D eigenvalue weighted by molar-refractivity contribution is 5.83. The molecule has 2 unspecified atom stereocenters. The lowest BCUT2D eigenvalue weighted by atomic mass is 9.86. The smallest absolute Gasteiger partial charge is 0.306 e. The Labute approximate surface area is 108 Å². The molecule has 2 fully saturated rings. The molecule has 0 aromatic carbocycles. The van der Waals surface area contributed by atoms with Crippen LogP contribution in [0, 0.1) is 11.8 Å². The Morgan fingerprint density at radius 2 is 2.00 bits per heavy atom. The number of rotatable bonds is 3. The van der Waals surface area contributed by atoms with E-state index in [0.29, 0.717) is 13.1 Å². The van der Waals surface area contributed by atoms with Gasteiger partial charge in [0.25, 0.3) is 0 Å². The zero-order valence-electron chi connectivity index (χ0n) is 10.9. The van der Waals surface area contributed by atoms with Crippen molar-refractivity contribution in [1.82, 2.24) is 10.2 Å². The molecule has 18 heavy (non-hydrogen) atoms. The monoisotopic (exact) mass is 254 g/mol. The molecular weight excluding hydrogens is 232 g/mol. The average Bonchev–Trinajstić information content (AvgIpc) is 2.54. The first-order valence-corrected chi connectivity index (χ1v) is 6.84. The van der Waals surface area contributed by atoms with Crippen LogP contribution in [0.15, 0.2) is 0 Å². The fourth-order valence-corrected chi connectivity index (χ4v) is 2.67. The first-order valence-electron chi connectivity index (χ1n) is 6.84. The molecule has 0 aliphatic carbocycles. The Kier molecular flexibility index (Phi) is 4.22. The molecule has 0 saturated carbocycles. The molecule has 0 spiro atoms. The van der Waals surface area contributed by atoms with E-state index in [1.54, 1.807) is 11.8 Å². The van der Waals surface area contributed by atoms with Crippen molar-refractivity contribution in [2.75, 3.05) is 19.6 Å². The van der Waals surface area contributed by atoms with E-state index in [9.17, 15) is 9.59 Å². The van der Waals surface area contributed by atoms with Gasteiger partial charge >= 0.3 is 5.97 Å². The maximum absolute atomic E-state index is 12.2. The molecule has 0 radical (unpaired) electrons. The van der Waals surface area contributed by atoms with Crippen molar-refractivity contribution in [3.63, 3.8) is 0 Å². The summed E-state index contributed by atoms with van der Waals surface area (Å²) in [4.78, 5) is 24.8. The third kappa shape index (κ3) is 2.83. The molecule has 102 valence electrons. The molecule has 2 heterocycles. The number of aliphatic carboxylic acids is 1. The van der Waals surface area contributed by atoms with Crippen LogP contribution in [0.1, 0.15) is 32.6 Å². The summed E-state index contributed by atoms with van der Waals surface area (Å²) < 4.78 is 0. The van der Waals surface area contributed by atoms with Gasteiger partial charge in [-0.25, -0.2) is 0 Å². The Balaban J connectivity index is 1.80. The summed E-state index contributed by atoms with van der Waals surface area (Å²) in [6.45, 7) is 3.84. The van der Waals surface area contributed by atoms with Crippen LogP contribution in [-0.4, -0.2) is 47.6 Å². The highest BCUT2D eigenvalue weighted by atomic mass is 16.4. The lowest BCUT2D eigenvalue weighted by Crippen LogP contribution is -2.58. The van der Waals surface area contributed by atoms with E-state index in [1.165, 1.54) is 6.42 Å². The zero-order valence-corrected chi connectivity index (χ0v) is 10.9. The molecule has 2 N–H and O–H groups in total. The standard InChI is InChI=1S/C13H22N2O3/c1-9(13(17)18)10-7-15(8-10)12(16)11-5-3-2-4-6-14-11/h9-11,14H,2-8H2,1H3,(H,17,18). The van der Waals surface area contributed by atoms with Gasteiger partial charge in [-0.3, -0.25) is 9.59 Å². The fraction of sp³-hybridized carbons (Fsp3) is 0.846. The number of carboxylic acids is 1. The van der Waals surface area contributed by atoms with Crippen molar-refractivity contribution in [2.45, 2.75) is 38.6 Å². The van der Waals surface area contributed by atoms with Crippen LogP contribution in [-0.2, 0) is 9.59 Å². The Morgan fingerprint density at radius 1 is 1.28 bits per heavy atom. The number of nitrogens with zero attached hydrogens (tertiary/aromatic N) is 1. The van der Waals surface area contributed by atoms with Crippen LogP contribution in [0.4, 0.5) is 0 Å². The molecule has 2 aliphatic rings. The van der Waals surface area contributed by atoms with E-state index >= 15 is 0 Å². The number of amides is 1. The van der Waals surface area contributed by atoms with Gasteiger partial charge in [0.2, 0.25) is 5.91 Å². The average molecular weight is 254 g/mol. The zero-order chi connectivity index (χ0) is 13.1. The normalized spacial score (nSPS) is 27.2. The number of nitrogens with one attached hydrogen (secondary N) is 1. The van der Waals surface area contributed by atoms with Gasteiger partial charge in [-0.05, 0) is 19.4 Å². The van der Waals surface area contributed by atoms with E-state index in [-0.39, 0.29) is 23.8 Å². The second-order valence-electron chi connectivity index (χ2n) is 5.49. The van der Waals surface area contributed by atoms with E-state index in [0.717, 1.165) is 25.8 Å². The molecular formula is C13H22N2O3. The van der Waals surface area contributed by atoms with Crippen molar-refractivity contribution in [1.29, 1.82) is 0 Å². The molecule has 2 saturated heterocycles. The summed E-state index contributed by atoms with van der Waals surface area (Å²) in [6.07, 6.45) is 4.35. The van der Waals surface area contributed by atoms with Gasteiger partial charge < -0.3 is 15.3 Å². The Morgan fingerprint density at radius 3 is 2.67 bits per heavy atom. The fourth-order valence-electron chi connectivity index (χ4n) is 2.67. The van der Waals surface area contributed by atoms with Crippen LogP contribution in [0.2, 0.25) is 0 Å². The molecule has 2 rings (SSSR count). The van der Waals surface area contributed by atoms with Crippen molar-refractivity contribution < 1.29 is 14.7 Å². The van der Waals surface area contributed by atoms with Gasteiger partial charge in [0.1, 0.15) is 0 Å². The molecule has 2 atom stereocenters. The SMILES string of the molecule is CC(C(=O)O)C1CN(C(=O)C2CCCCCN2)C1. The van der Waals surface area contributed by atoms with Crippen molar-refractivity contribution >= 4 is 11.9 Å². The predicted molar refractivity (Wildman–Crippen MR) is 67.1 cm³/mol. The van der Waals surface area contributed by atoms with Crippen molar-refractivity contribution in [3.8, 4) is 0 Å². The minimum absolute atomic E-state index is 0.0476. The number of carboxylic acid groups (broad SMARTS) is 1. The predicted octanol–water partition coefficient (Wildman–Crippen LogP) is 0.698. The molecule has 5 nitrogen and oxygen atoms in total. The lowest BCUT2D eigenvalue weighted by molar-refractivity contribution is -0.151. The summed E-state index contributed by atoms with van der Waals surface area (Å²) in [6, 6.07) is -0.0476. The number of carbonyl (C=O) groups excluding carboxylic acids is 1. The van der Waals surface area contributed by atoms with E-state index in [4.69, 9.17) is 5.11 Å². The third-order valence-corrected chi connectivity index (χ3v) is 4.18. The Hall–Kier alpha value is -1.10. The number of hydrogen-bond acceptors (Lipinski definition) is 3. The second kappa shape index (κ2) is 5.69. The summed E-state index contributed by atoms with van der Waals surface area (Å²) in [5.41, 5.74) is 0. The van der Waals surface area contributed by atoms with Gasteiger partial charge in [0, 0.05) is 19.0 Å². The highest BCUT2D eigenvalue weighted by Crippen LogP contribution is 2.25. The molecule has 2 aliphatic heterocycles. The van der Waals surface area contributed by atoms with Gasteiger partial charge in [-0.1, -0.05) is 19.8 Å². The topological polar surface area (TPSA) is 69.6 Å². The maximum Gasteiger partial charge on any atom is 0.306 e. The quantitative estimate of drug-likeness (QED) is 0.778. The van der Waals surface area contributed by atoms with Crippen molar-refractivity contribution in [2.24, 2.45) is 11.8 Å². The first-order chi connectivity index (χ1) is 8.59. The molecule has 0 aromatic heterocycles. The summed E-state index contributed by atoms with van der Waals surface area (Å²) in [5, 5.41) is 12.2. The second-order valence-corrected chi connectivity index (χ2v) is 5.49. The third-order valence-electron chi connectivity index (χ3n) is 4.18. The Bertz CT molecular complexity index is 318. The lowest BCUT2D eigenvalue weighted by Gasteiger charge is -2.42. The molecule has 1 amide bonds. The van der Waals surface area contributed by atoms with Gasteiger partial charge in [0.05, 0.1) is 12.0 Å². The van der Waals surface area contributed by atoms with Crippen LogP contribution in [0.25, 0.3) is 0 Å². The number of likely N-dealkylation sites (tertiary alicyclic amines) is 1. The van der Waals surface area contributed by atoms with Gasteiger partial charge in [-0.2, -0.15) is 0 Å². The minimum Gasteiger partial charge on any atom is -0.481 e. The maximum atomic E-state index is 12.2. The number of carbonyl (C=O) groups is 2. The van der Waals surface area contributed by atoms with Gasteiger partial charge in [0.15, 0.2) is 0 Å². The van der Waals surface area contributed by atoms with Crippen molar-refractivity contribution in [3.05, 3.63) is 0 Å². The largest absolute Gasteiger partial charge is 0.481 e. The first kappa shape index (κ1) is 13.3. The van der Waals surface area contributed by atoms with E-state index in [2.05, 4.69) is 5.32 Å².